The summed E-state index contributed by atoms with van der Waals surface area (Å²) in [6.07, 6.45) is 3.34. The van der Waals surface area contributed by atoms with Gasteiger partial charge in [-0.2, -0.15) is 4.39 Å². The third kappa shape index (κ3) is 5.37. The number of sulfonamides is 1. The average molecular weight is 484 g/mol. The van der Waals surface area contributed by atoms with Crippen LogP contribution in [0, 0.1) is 12.9 Å². The van der Waals surface area contributed by atoms with Crippen LogP contribution in [0.1, 0.15) is 36.9 Å². The Hall–Kier alpha value is -3.04. The van der Waals surface area contributed by atoms with E-state index in [1.807, 2.05) is 20.0 Å². The lowest BCUT2D eigenvalue weighted by Crippen LogP contribution is -2.44. The van der Waals surface area contributed by atoms with Crippen molar-refractivity contribution in [2.24, 2.45) is 0 Å². The van der Waals surface area contributed by atoms with Crippen molar-refractivity contribution in [3.05, 3.63) is 77.9 Å². The Bertz CT molecular complexity index is 1230. The van der Waals surface area contributed by atoms with Gasteiger partial charge in [0, 0.05) is 38.4 Å². The number of nitrogens with zero attached hydrogens (tertiary/aromatic N) is 4. The molecule has 3 aromatic rings. The first-order valence-electron chi connectivity index (χ1n) is 11.4. The molecule has 9 heteroatoms. The third-order valence-electron chi connectivity index (χ3n) is 6.50. The smallest absolute Gasteiger partial charge is 0.264 e. The first kappa shape index (κ1) is 24.1. The molecule has 0 amide bonds. The summed E-state index contributed by atoms with van der Waals surface area (Å²) in [5.41, 5.74) is 2.09. The number of aryl methyl sites for hydroxylation is 1. The van der Waals surface area contributed by atoms with Gasteiger partial charge in [0.25, 0.3) is 10.0 Å². The first-order valence-corrected chi connectivity index (χ1v) is 12.9. The van der Waals surface area contributed by atoms with E-state index in [-0.39, 0.29) is 10.7 Å². The van der Waals surface area contributed by atoms with E-state index in [0.717, 1.165) is 43.4 Å². The molecule has 0 bridgehead atoms. The van der Waals surface area contributed by atoms with Crippen LogP contribution in [0.2, 0.25) is 0 Å². The van der Waals surface area contributed by atoms with Crippen molar-refractivity contribution in [3.63, 3.8) is 0 Å². The molecule has 7 nitrogen and oxygen atoms in total. The van der Waals surface area contributed by atoms with Gasteiger partial charge in [0.05, 0.1) is 0 Å². The molecule has 4 rings (SSSR count). The Kier molecular flexibility index (Phi) is 7.13. The maximum atomic E-state index is 13.3. The van der Waals surface area contributed by atoms with Crippen LogP contribution in [0.5, 0.6) is 0 Å². The first-order chi connectivity index (χ1) is 16.2. The molecule has 0 aliphatic carbocycles. The van der Waals surface area contributed by atoms with Crippen LogP contribution >= 0.6 is 0 Å². The number of halogens is 1. The summed E-state index contributed by atoms with van der Waals surface area (Å²) in [5.74, 6) is -0.0663. The number of benzene rings is 1. The van der Waals surface area contributed by atoms with E-state index in [4.69, 9.17) is 0 Å². The number of pyridine rings is 2. The molecule has 1 atom stereocenters. The number of aromatic nitrogens is 2. The molecule has 1 aliphatic rings. The van der Waals surface area contributed by atoms with Crippen LogP contribution in [0.15, 0.2) is 65.7 Å². The van der Waals surface area contributed by atoms with Crippen molar-refractivity contribution in [1.82, 2.24) is 14.9 Å². The van der Waals surface area contributed by atoms with Crippen LogP contribution in [0.3, 0.4) is 0 Å². The minimum absolute atomic E-state index is 0.0136. The normalized spacial score (nSPS) is 16.2. The minimum atomic E-state index is -3.93. The van der Waals surface area contributed by atoms with Crippen molar-refractivity contribution < 1.29 is 12.8 Å². The molecule has 1 N–H and O–H groups in total. The molecular weight excluding hydrogens is 453 g/mol. The minimum Gasteiger partial charge on any atom is -0.356 e. The highest BCUT2D eigenvalue weighted by Gasteiger charge is 2.27. The molecule has 34 heavy (non-hydrogen) atoms. The number of piperidine rings is 1. The average Bonchev–Trinajstić information content (AvgIpc) is 2.83. The zero-order valence-electron chi connectivity index (χ0n) is 19.6. The van der Waals surface area contributed by atoms with E-state index in [0.29, 0.717) is 12.1 Å². The highest BCUT2D eigenvalue weighted by atomic mass is 32.2. The monoisotopic (exact) mass is 483 g/mol. The maximum absolute atomic E-state index is 13.3. The number of nitrogens with one attached hydrogen (secondary N) is 1. The summed E-state index contributed by atoms with van der Waals surface area (Å²) in [6.45, 7) is 6.07. The van der Waals surface area contributed by atoms with Gasteiger partial charge in [0.15, 0.2) is 0 Å². The SMILES string of the molecule is Cc1cc(S(=O)(=O)Nc2cccc(F)n2)cnc1N(C)C1CCN([C@H](C)c2ccccc2)CC1. The van der Waals surface area contributed by atoms with Crippen molar-refractivity contribution in [2.45, 2.75) is 43.7 Å². The van der Waals surface area contributed by atoms with Gasteiger partial charge < -0.3 is 4.90 Å². The van der Waals surface area contributed by atoms with Gasteiger partial charge in [-0.05, 0) is 56.0 Å². The molecule has 0 radical (unpaired) electrons. The second-order valence-electron chi connectivity index (χ2n) is 8.73. The zero-order valence-corrected chi connectivity index (χ0v) is 20.5. The molecule has 0 unspecified atom stereocenters. The number of rotatable bonds is 7. The van der Waals surface area contributed by atoms with Crippen LogP contribution in [0.25, 0.3) is 0 Å². The molecule has 1 aromatic carbocycles. The van der Waals surface area contributed by atoms with Crippen molar-refractivity contribution >= 4 is 21.7 Å². The van der Waals surface area contributed by atoms with Gasteiger partial charge >= 0.3 is 0 Å². The lowest BCUT2D eigenvalue weighted by Gasteiger charge is -2.40. The van der Waals surface area contributed by atoms with Crippen molar-refractivity contribution in [3.8, 4) is 0 Å². The van der Waals surface area contributed by atoms with Crippen molar-refractivity contribution in [2.75, 3.05) is 29.8 Å². The lowest BCUT2D eigenvalue weighted by atomic mass is 9.99. The Morgan fingerprint density at radius 2 is 1.82 bits per heavy atom. The van der Waals surface area contributed by atoms with Gasteiger partial charge in [-0.25, -0.2) is 18.4 Å². The summed E-state index contributed by atoms with van der Waals surface area (Å²) in [4.78, 5) is 12.7. The standard InChI is InChI=1S/C25H30FN5O2S/c1-18-16-22(34(32,33)29-24-11-7-10-23(26)28-24)17-27-25(18)30(3)21-12-14-31(15-13-21)19(2)20-8-5-4-6-9-20/h4-11,16-17,19,21H,12-15H2,1-3H3,(H,28,29)/t19-/m1/s1. The van der Waals surface area contributed by atoms with Crippen LogP contribution < -0.4 is 9.62 Å². The van der Waals surface area contributed by atoms with Gasteiger partial charge in [0.2, 0.25) is 5.95 Å². The highest BCUT2D eigenvalue weighted by Crippen LogP contribution is 2.29. The summed E-state index contributed by atoms with van der Waals surface area (Å²) in [7, 11) is -1.92. The topological polar surface area (TPSA) is 78.4 Å². The molecule has 0 spiro atoms. The Morgan fingerprint density at radius 3 is 2.47 bits per heavy atom. The van der Waals surface area contributed by atoms with E-state index in [1.54, 1.807) is 6.07 Å². The Labute approximate surface area is 200 Å². The second-order valence-corrected chi connectivity index (χ2v) is 10.4. The predicted octanol–water partition coefficient (Wildman–Crippen LogP) is 4.39. The van der Waals surface area contributed by atoms with E-state index in [9.17, 15) is 12.8 Å². The fraction of sp³-hybridized carbons (Fsp3) is 0.360. The second kappa shape index (κ2) is 10.1. The number of likely N-dealkylation sites (tertiary alicyclic amines) is 1. The lowest BCUT2D eigenvalue weighted by molar-refractivity contribution is 0.161. The molecule has 180 valence electrons. The molecular formula is C25H30FN5O2S. The molecule has 2 aromatic heterocycles. The molecule has 1 saturated heterocycles. The van der Waals surface area contributed by atoms with Crippen LogP contribution in [0.4, 0.5) is 16.0 Å². The number of hydrogen-bond acceptors (Lipinski definition) is 6. The van der Waals surface area contributed by atoms with E-state index < -0.39 is 16.0 Å². The Balaban J connectivity index is 1.42. The molecule has 3 heterocycles. The number of anilines is 2. The summed E-state index contributed by atoms with van der Waals surface area (Å²) < 4.78 is 41.1. The zero-order chi connectivity index (χ0) is 24.3. The van der Waals surface area contributed by atoms with Gasteiger partial charge in [-0.1, -0.05) is 36.4 Å². The third-order valence-corrected chi connectivity index (χ3v) is 7.82. The summed E-state index contributed by atoms with van der Waals surface area (Å²) in [6, 6.07) is 16.8. The summed E-state index contributed by atoms with van der Waals surface area (Å²) >= 11 is 0. The quantitative estimate of drug-likeness (QED) is 0.503. The fourth-order valence-corrected chi connectivity index (χ4v) is 5.53. The predicted molar refractivity (Wildman–Crippen MR) is 132 cm³/mol. The Morgan fingerprint density at radius 1 is 1.12 bits per heavy atom. The van der Waals surface area contributed by atoms with E-state index in [1.165, 1.54) is 23.9 Å². The summed E-state index contributed by atoms with van der Waals surface area (Å²) in [5, 5.41) is 0. The van der Waals surface area contributed by atoms with Crippen LogP contribution in [-0.4, -0.2) is 49.5 Å². The van der Waals surface area contributed by atoms with Crippen molar-refractivity contribution in [1.29, 1.82) is 0 Å². The molecule has 1 fully saturated rings. The number of hydrogen-bond donors (Lipinski definition) is 1. The molecule has 1 aliphatic heterocycles. The van der Waals surface area contributed by atoms with E-state index in [2.05, 4.69) is 55.7 Å². The van der Waals surface area contributed by atoms with Gasteiger partial charge in [0.1, 0.15) is 16.5 Å². The van der Waals surface area contributed by atoms with Crippen LogP contribution in [-0.2, 0) is 10.0 Å². The van der Waals surface area contributed by atoms with Gasteiger partial charge in [-0.3, -0.25) is 9.62 Å². The highest BCUT2D eigenvalue weighted by molar-refractivity contribution is 7.92. The van der Waals surface area contributed by atoms with Gasteiger partial charge in [-0.15, -0.1) is 0 Å². The van der Waals surface area contributed by atoms with E-state index >= 15 is 0 Å². The fourth-order valence-electron chi connectivity index (χ4n) is 4.50. The maximum Gasteiger partial charge on any atom is 0.264 e. The molecule has 0 saturated carbocycles. The largest absolute Gasteiger partial charge is 0.356 e.